The average molecular weight is 274 g/mol. The number of halogens is 1. The van der Waals surface area contributed by atoms with Crippen LogP contribution in [0.25, 0.3) is 0 Å². The van der Waals surface area contributed by atoms with Gasteiger partial charge in [0.25, 0.3) is 0 Å². The molecule has 1 aromatic rings. The molecule has 4 atom stereocenters. The van der Waals surface area contributed by atoms with Crippen LogP contribution in [0.1, 0.15) is 6.23 Å². The first-order chi connectivity index (χ1) is 8.95. The first kappa shape index (κ1) is 13.9. The Bertz CT molecular complexity index is 518. The van der Waals surface area contributed by atoms with E-state index in [1.54, 1.807) is 0 Å². The van der Waals surface area contributed by atoms with Gasteiger partial charge in [0.2, 0.25) is 0 Å². The van der Waals surface area contributed by atoms with Crippen LogP contribution in [-0.4, -0.2) is 50.8 Å². The summed E-state index contributed by atoms with van der Waals surface area (Å²) in [5.74, 6) is -0.0116. The van der Waals surface area contributed by atoms with E-state index < -0.39 is 36.4 Å². The number of aliphatic hydroxyl groups excluding tert-OH is 2. The number of nitrogens with zero attached hydrogens (tertiary/aromatic N) is 2. The van der Waals surface area contributed by atoms with Crippen LogP contribution in [0.5, 0.6) is 0 Å². The molecule has 2 heterocycles. The topological polar surface area (TPSA) is 137 Å². The predicted octanol–water partition coefficient (Wildman–Crippen LogP) is -2.26. The molecule has 1 aromatic heterocycles. The molecule has 0 saturated carbocycles. The third kappa shape index (κ3) is 2.10. The molecule has 0 spiro atoms. The molecule has 0 bridgehead atoms. The lowest BCUT2D eigenvalue weighted by molar-refractivity contribution is -0.122. The average Bonchev–Trinajstić information content (AvgIpc) is 2.64. The molecule has 19 heavy (non-hydrogen) atoms. The predicted molar refractivity (Wildman–Crippen MR) is 62.8 cm³/mol. The highest BCUT2D eigenvalue weighted by atomic mass is 19.1. The van der Waals surface area contributed by atoms with E-state index in [1.165, 1.54) is 12.3 Å². The Balaban J connectivity index is 2.39. The molecule has 1 saturated heterocycles. The SMILES string of the molecule is NCC1(CO)OC(n2ccc(N)nc2=O)C(F)C1O. The fourth-order valence-electron chi connectivity index (χ4n) is 2.02. The van der Waals surface area contributed by atoms with Crippen molar-refractivity contribution in [2.24, 2.45) is 5.73 Å². The molecule has 1 aliphatic heterocycles. The summed E-state index contributed by atoms with van der Waals surface area (Å²) < 4.78 is 20.2. The van der Waals surface area contributed by atoms with Crippen LogP contribution >= 0.6 is 0 Å². The van der Waals surface area contributed by atoms with Crippen LogP contribution in [0, 0.1) is 0 Å². The number of nitrogen functional groups attached to an aromatic ring is 1. The second-order valence-corrected chi connectivity index (χ2v) is 4.37. The molecule has 9 heteroatoms. The number of rotatable bonds is 3. The fourth-order valence-corrected chi connectivity index (χ4v) is 2.02. The summed E-state index contributed by atoms with van der Waals surface area (Å²) in [6, 6.07) is 1.30. The summed E-state index contributed by atoms with van der Waals surface area (Å²) >= 11 is 0. The lowest BCUT2D eigenvalue weighted by Crippen LogP contribution is -2.51. The van der Waals surface area contributed by atoms with Crippen molar-refractivity contribution in [1.82, 2.24) is 9.55 Å². The highest BCUT2D eigenvalue weighted by molar-refractivity contribution is 5.23. The standard InChI is InChI=1S/C10H15FN4O4/c11-6-7(17)10(3-12,4-16)19-8(6)15-2-1-5(13)14-9(15)18/h1-2,6-8,16-17H,3-4,12H2,(H2,13,14,18). The Morgan fingerprint density at radius 3 is 2.79 bits per heavy atom. The molecule has 2 rings (SSSR count). The van der Waals surface area contributed by atoms with Crippen molar-refractivity contribution in [3.8, 4) is 0 Å². The molecule has 0 aromatic carbocycles. The minimum Gasteiger partial charge on any atom is -0.393 e. The van der Waals surface area contributed by atoms with Crippen molar-refractivity contribution in [2.75, 3.05) is 18.9 Å². The summed E-state index contributed by atoms with van der Waals surface area (Å²) in [6.07, 6.45) is -3.76. The number of nitrogens with two attached hydrogens (primary N) is 2. The normalized spacial score (nSPS) is 34.6. The highest BCUT2D eigenvalue weighted by Gasteiger charge is 2.55. The van der Waals surface area contributed by atoms with Crippen molar-refractivity contribution in [2.45, 2.75) is 24.1 Å². The molecule has 8 nitrogen and oxygen atoms in total. The Morgan fingerprint density at radius 2 is 2.32 bits per heavy atom. The van der Waals surface area contributed by atoms with E-state index in [9.17, 15) is 19.4 Å². The summed E-state index contributed by atoms with van der Waals surface area (Å²) in [7, 11) is 0. The van der Waals surface area contributed by atoms with Gasteiger partial charge in [-0.1, -0.05) is 0 Å². The summed E-state index contributed by atoms with van der Waals surface area (Å²) in [4.78, 5) is 15.1. The third-order valence-electron chi connectivity index (χ3n) is 3.21. The van der Waals surface area contributed by atoms with Gasteiger partial charge in [0.15, 0.2) is 12.4 Å². The van der Waals surface area contributed by atoms with Gasteiger partial charge in [-0.05, 0) is 6.07 Å². The lowest BCUT2D eigenvalue weighted by atomic mass is 9.97. The second-order valence-electron chi connectivity index (χ2n) is 4.37. The van der Waals surface area contributed by atoms with E-state index in [-0.39, 0.29) is 12.4 Å². The van der Waals surface area contributed by atoms with Crippen LogP contribution < -0.4 is 17.2 Å². The van der Waals surface area contributed by atoms with E-state index in [0.717, 1.165) is 4.57 Å². The zero-order valence-electron chi connectivity index (χ0n) is 9.94. The van der Waals surface area contributed by atoms with Crippen LogP contribution in [0.3, 0.4) is 0 Å². The second kappa shape index (κ2) is 4.85. The van der Waals surface area contributed by atoms with E-state index >= 15 is 0 Å². The fraction of sp³-hybridized carbons (Fsp3) is 0.600. The van der Waals surface area contributed by atoms with Gasteiger partial charge >= 0.3 is 5.69 Å². The minimum absolute atomic E-state index is 0.0116. The van der Waals surface area contributed by atoms with Crippen molar-refractivity contribution in [3.05, 3.63) is 22.7 Å². The molecule has 106 valence electrons. The van der Waals surface area contributed by atoms with Gasteiger partial charge in [0.1, 0.15) is 17.5 Å². The van der Waals surface area contributed by atoms with Crippen molar-refractivity contribution < 1.29 is 19.3 Å². The van der Waals surface area contributed by atoms with Gasteiger partial charge in [-0.25, -0.2) is 9.18 Å². The quantitative estimate of drug-likeness (QED) is 0.488. The maximum atomic E-state index is 14.1. The van der Waals surface area contributed by atoms with E-state index in [0.29, 0.717) is 0 Å². The summed E-state index contributed by atoms with van der Waals surface area (Å²) in [6.45, 7) is -0.961. The third-order valence-corrected chi connectivity index (χ3v) is 3.21. The van der Waals surface area contributed by atoms with Gasteiger partial charge < -0.3 is 26.4 Å². The van der Waals surface area contributed by atoms with Gasteiger partial charge in [-0.3, -0.25) is 4.57 Å². The van der Waals surface area contributed by atoms with Crippen molar-refractivity contribution in [1.29, 1.82) is 0 Å². The van der Waals surface area contributed by atoms with Crippen LogP contribution in [0.4, 0.5) is 10.2 Å². The van der Waals surface area contributed by atoms with E-state index in [4.69, 9.17) is 16.2 Å². The largest absolute Gasteiger partial charge is 0.393 e. The molecule has 1 fully saturated rings. The number of alkyl halides is 1. The Labute approximate surface area is 107 Å². The molecule has 1 aliphatic rings. The minimum atomic E-state index is -1.92. The zero-order valence-corrected chi connectivity index (χ0v) is 9.94. The molecule has 0 amide bonds. The number of hydrogen-bond donors (Lipinski definition) is 4. The number of aromatic nitrogens is 2. The van der Waals surface area contributed by atoms with Crippen LogP contribution in [0.15, 0.2) is 17.1 Å². The Kier molecular flexibility index (Phi) is 3.54. The number of anilines is 1. The first-order valence-electron chi connectivity index (χ1n) is 5.61. The Morgan fingerprint density at radius 1 is 1.63 bits per heavy atom. The monoisotopic (exact) mass is 274 g/mol. The van der Waals surface area contributed by atoms with Crippen molar-refractivity contribution in [3.63, 3.8) is 0 Å². The maximum Gasteiger partial charge on any atom is 0.351 e. The molecular formula is C10H15FN4O4. The molecule has 4 unspecified atom stereocenters. The highest BCUT2D eigenvalue weighted by Crippen LogP contribution is 2.37. The van der Waals surface area contributed by atoms with E-state index in [1.807, 2.05) is 0 Å². The van der Waals surface area contributed by atoms with Gasteiger partial charge in [-0.15, -0.1) is 0 Å². The summed E-state index contributed by atoms with van der Waals surface area (Å²) in [5, 5.41) is 19.0. The Hall–Kier alpha value is -1.55. The first-order valence-corrected chi connectivity index (χ1v) is 5.61. The van der Waals surface area contributed by atoms with E-state index in [2.05, 4.69) is 4.98 Å². The molecule has 0 radical (unpaired) electrons. The van der Waals surface area contributed by atoms with Crippen molar-refractivity contribution >= 4 is 5.82 Å². The molecule has 0 aliphatic carbocycles. The number of ether oxygens (including phenoxy) is 1. The number of hydrogen-bond acceptors (Lipinski definition) is 7. The number of aliphatic hydroxyl groups is 2. The molecule has 6 N–H and O–H groups in total. The van der Waals surface area contributed by atoms with Crippen LogP contribution in [-0.2, 0) is 4.74 Å². The lowest BCUT2D eigenvalue weighted by Gasteiger charge is -2.27. The van der Waals surface area contributed by atoms with Gasteiger partial charge in [0.05, 0.1) is 6.61 Å². The summed E-state index contributed by atoms with van der Waals surface area (Å²) in [5.41, 5.74) is 8.28. The zero-order chi connectivity index (χ0) is 14.2. The maximum absolute atomic E-state index is 14.1. The van der Waals surface area contributed by atoms with Gasteiger partial charge in [-0.2, -0.15) is 4.98 Å². The molecular weight excluding hydrogens is 259 g/mol. The smallest absolute Gasteiger partial charge is 0.351 e. The van der Waals surface area contributed by atoms with Gasteiger partial charge in [0, 0.05) is 12.7 Å². The van der Waals surface area contributed by atoms with Crippen LogP contribution in [0.2, 0.25) is 0 Å².